The van der Waals surface area contributed by atoms with Gasteiger partial charge in [-0.2, -0.15) is 0 Å². The predicted octanol–water partition coefficient (Wildman–Crippen LogP) is 4.83. The number of nitrogens with one attached hydrogen (secondary N) is 1. The van der Waals surface area contributed by atoms with Crippen molar-refractivity contribution in [3.05, 3.63) is 53.6 Å². The highest BCUT2D eigenvalue weighted by Crippen LogP contribution is 2.35. The molecule has 1 N–H and O–H groups in total. The maximum absolute atomic E-state index is 12.2. The van der Waals surface area contributed by atoms with Crippen LogP contribution in [-0.2, 0) is 20.8 Å². The normalized spacial score (nSPS) is 21.0. The second-order valence-electron chi connectivity index (χ2n) is 11.1. The maximum atomic E-state index is 12.2. The number of fused-ring (bicyclic) bond motifs is 1. The van der Waals surface area contributed by atoms with Crippen LogP contribution in [0.4, 0.5) is 10.5 Å². The van der Waals surface area contributed by atoms with Crippen LogP contribution in [0.25, 0.3) is 0 Å². The van der Waals surface area contributed by atoms with Crippen LogP contribution in [0.5, 0.6) is 11.5 Å². The van der Waals surface area contributed by atoms with Gasteiger partial charge in [-0.05, 0) is 61.1 Å². The average Bonchev–Trinajstić information content (AvgIpc) is 3.00. The Labute approximate surface area is 245 Å². The van der Waals surface area contributed by atoms with E-state index in [1.165, 1.54) is 10.5 Å². The number of carbonyl (C=O) groups is 1. The summed E-state index contributed by atoms with van der Waals surface area (Å²) in [6.45, 7) is 6.54. The van der Waals surface area contributed by atoms with Crippen LogP contribution in [-0.4, -0.2) is 90.4 Å². The molecule has 2 heterocycles. The highest BCUT2D eigenvalue weighted by Gasteiger charge is 2.34. The molecule has 2 aromatic carbocycles. The van der Waals surface area contributed by atoms with Crippen LogP contribution < -0.4 is 19.7 Å². The van der Waals surface area contributed by atoms with E-state index in [4.69, 9.17) is 23.7 Å². The SMILES string of the molecule is CC[C@H](C[C@H]1C[C@H](c2ccc(OC)cc2)[C@@H](OCc2ccc3c(c2)N(CCCOC)CCO3)CN1)OC(=O)N(C)C. The fourth-order valence-electron chi connectivity index (χ4n) is 5.63. The largest absolute Gasteiger partial charge is 0.497 e. The topological polar surface area (TPSA) is 81.7 Å². The van der Waals surface area contributed by atoms with Crippen molar-refractivity contribution in [2.24, 2.45) is 0 Å². The highest BCUT2D eigenvalue weighted by molar-refractivity contribution is 5.67. The van der Waals surface area contributed by atoms with Crippen molar-refractivity contribution in [1.82, 2.24) is 10.2 Å². The lowest BCUT2D eigenvalue weighted by Gasteiger charge is -2.38. The molecule has 0 saturated carbocycles. The number of carbonyl (C=O) groups excluding carboxylic acids is 1. The number of amides is 1. The third kappa shape index (κ3) is 8.50. The fourth-order valence-corrected chi connectivity index (χ4v) is 5.63. The Kier molecular flexibility index (Phi) is 11.5. The van der Waals surface area contributed by atoms with Gasteiger partial charge in [-0.25, -0.2) is 4.79 Å². The molecule has 1 amide bonds. The molecule has 9 heteroatoms. The van der Waals surface area contributed by atoms with Gasteiger partial charge >= 0.3 is 6.09 Å². The van der Waals surface area contributed by atoms with Gasteiger partial charge in [0, 0.05) is 52.9 Å². The molecule has 1 fully saturated rings. The Bertz CT molecular complexity index is 1100. The second kappa shape index (κ2) is 15.3. The summed E-state index contributed by atoms with van der Waals surface area (Å²) in [5.74, 6) is 1.96. The number of ether oxygens (including phenoxy) is 5. The predicted molar refractivity (Wildman–Crippen MR) is 160 cm³/mol. The van der Waals surface area contributed by atoms with Crippen LogP contribution in [0, 0.1) is 0 Å². The first-order chi connectivity index (χ1) is 19.9. The first kappa shape index (κ1) is 30.9. The number of hydrogen-bond donors (Lipinski definition) is 1. The molecule has 1 saturated heterocycles. The van der Waals surface area contributed by atoms with Gasteiger partial charge in [-0.1, -0.05) is 25.1 Å². The van der Waals surface area contributed by atoms with Crippen LogP contribution in [0.15, 0.2) is 42.5 Å². The first-order valence-electron chi connectivity index (χ1n) is 14.8. The summed E-state index contributed by atoms with van der Waals surface area (Å²) in [6.07, 6.45) is 2.96. The molecule has 0 spiro atoms. The van der Waals surface area contributed by atoms with Gasteiger partial charge in [0.05, 0.1) is 32.1 Å². The number of hydrogen-bond acceptors (Lipinski definition) is 8. The molecule has 0 bridgehead atoms. The number of benzene rings is 2. The molecule has 2 aliphatic rings. The van der Waals surface area contributed by atoms with Crippen molar-refractivity contribution in [3.63, 3.8) is 0 Å². The van der Waals surface area contributed by atoms with E-state index in [1.54, 1.807) is 28.3 Å². The van der Waals surface area contributed by atoms with Crippen LogP contribution in [0.1, 0.15) is 49.7 Å². The molecule has 41 heavy (non-hydrogen) atoms. The van der Waals surface area contributed by atoms with E-state index in [1.807, 2.05) is 12.1 Å². The molecule has 226 valence electrons. The van der Waals surface area contributed by atoms with E-state index < -0.39 is 0 Å². The number of piperidine rings is 1. The molecule has 0 radical (unpaired) electrons. The number of methoxy groups -OCH3 is 2. The Hall–Kier alpha value is -3.01. The van der Waals surface area contributed by atoms with E-state index in [0.717, 1.165) is 74.7 Å². The lowest BCUT2D eigenvalue weighted by Crippen LogP contribution is -2.48. The maximum Gasteiger partial charge on any atom is 0.409 e. The summed E-state index contributed by atoms with van der Waals surface area (Å²) in [5.41, 5.74) is 3.48. The first-order valence-corrected chi connectivity index (χ1v) is 14.8. The number of nitrogens with zero attached hydrogens (tertiary/aromatic N) is 2. The number of anilines is 1. The Morgan fingerprint density at radius 1 is 1.17 bits per heavy atom. The van der Waals surface area contributed by atoms with E-state index >= 15 is 0 Å². The molecule has 9 nitrogen and oxygen atoms in total. The van der Waals surface area contributed by atoms with Gasteiger partial charge in [-0.3, -0.25) is 0 Å². The third-order valence-electron chi connectivity index (χ3n) is 8.00. The van der Waals surface area contributed by atoms with Crippen molar-refractivity contribution in [2.45, 2.75) is 63.4 Å². The van der Waals surface area contributed by atoms with E-state index in [2.05, 4.69) is 47.5 Å². The van der Waals surface area contributed by atoms with Crippen molar-refractivity contribution in [1.29, 1.82) is 0 Å². The summed E-state index contributed by atoms with van der Waals surface area (Å²) in [6, 6.07) is 14.9. The third-order valence-corrected chi connectivity index (χ3v) is 8.00. The van der Waals surface area contributed by atoms with Crippen molar-refractivity contribution in [2.75, 3.05) is 66.1 Å². The van der Waals surface area contributed by atoms with E-state index in [0.29, 0.717) is 13.2 Å². The fraction of sp³-hybridized carbons (Fsp3) is 0.594. The molecule has 4 atom stereocenters. The van der Waals surface area contributed by atoms with E-state index in [-0.39, 0.29) is 30.3 Å². The summed E-state index contributed by atoms with van der Waals surface area (Å²) < 4.78 is 28.9. The Morgan fingerprint density at radius 2 is 1.98 bits per heavy atom. The lowest BCUT2D eigenvalue weighted by molar-refractivity contribution is -0.00374. The van der Waals surface area contributed by atoms with Crippen molar-refractivity contribution in [3.8, 4) is 11.5 Å². The lowest BCUT2D eigenvalue weighted by atomic mass is 9.82. The molecule has 0 unspecified atom stereocenters. The smallest absolute Gasteiger partial charge is 0.409 e. The molecular weight excluding hydrogens is 522 g/mol. The van der Waals surface area contributed by atoms with Gasteiger partial charge in [0.2, 0.25) is 0 Å². The van der Waals surface area contributed by atoms with Crippen LogP contribution >= 0.6 is 0 Å². The zero-order valence-corrected chi connectivity index (χ0v) is 25.3. The van der Waals surface area contributed by atoms with Gasteiger partial charge in [0.15, 0.2) is 0 Å². The Balaban J connectivity index is 1.45. The van der Waals surface area contributed by atoms with Gasteiger partial charge < -0.3 is 38.8 Å². The minimum absolute atomic E-state index is 0.00543. The standard InChI is InChI=1S/C32H47N3O6/c1-6-26(41-32(36)34(2)3)19-25-20-28(24-9-11-27(38-5)12-10-24)31(21-33-25)40-22-23-8-13-30-29(18-23)35(15-17-39-30)14-7-16-37-4/h8-13,18,25-26,28,31,33H,6-7,14-17,19-22H2,1-5H3/t25-,26+,28+,31-/m0/s1. The summed E-state index contributed by atoms with van der Waals surface area (Å²) >= 11 is 0. The van der Waals surface area contributed by atoms with Gasteiger partial charge in [0.25, 0.3) is 0 Å². The quantitative estimate of drug-likeness (QED) is 0.344. The average molecular weight is 570 g/mol. The highest BCUT2D eigenvalue weighted by atomic mass is 16.6. The minimum Gasteiger partial charge on any atom is -0.497 e. The molecule has 0 aliphatic carbocycles. The molecule has 2 aromatic rings. The Morgan fingerprint density at radius 3 is 2.68 bits per heavy atom. The van der Waals surface area contributed by atoms with E-state index in [9.17, 15) is 4.79 Å². The summed E-state index contributed by atoms with van der Waals surface area (Å²) in [4.78, 5) is 16.0. The summed E-state index contributed by atoms with van der Waals surface area (Å²) in [5, 5.41) is 3.69. The molecule has 0 aromatic heterocycles. The molecule has 2 aliphatic heterocycles. The summed E-state index contributed by atoms with van der Waals surface area (Å²) in [7, 11) is 6.85. The van der Waals surface area contributed by atoms with Crippen molar-refractivity contribution >= 4 is 11.8 Å². The monoisotopic (exact) mass is 569 g/mol. The van der Waals surface area contributed by atoms with Crippen LogP contribution in [0.3, 0.4) is 0 Å². The zero-order chi connectivity index (χ0) is 29.2. The zero-order valence-electron chi connectivity index (χ0n) is 25.3. The van der Waals surface area contributed by atoms with Crippen molar-refractivity contribution < 1.29 is 28.5 Å². The van der Waals surface area contributed by atoms with Gasteiger partial charge in [0.1, 0.15) is 24.2 Å². The van der Waals surface area contributed by atoms with Crippen LogP contribution in [0.2, 0.25) is 0 Å². The number of rotatable bonds is 13. The molecular formula is C32H47N3O6. The minimum atomic E-state index is -0.298. The second-order valence-corrected chi connectivity index (χ2v) is 11.1. The molecule has 4 rings (SSSR count). The van der Waals surface area contributed by atoms with Gasteiger partial charge in [-0.15, -0.1) is 0 Å².